The summed E-state index contributed by atoms with van der Waals surface area (Å²) in [6, 6.07) is -0.427. The van der Waals surface area contributed by atoms with Crippen molar-refractivity contribution < 1.29 is 19.8 Å². The third-order valence-corrected chi connectivity index (χ3v) is 2.15. The van der Waals surface area contributed by atoms with Gasteiger partial charge >= 0.3 is 11.9 Å². The minimum atomic E-state index is -1.20. The molecule has 2 N–H and O–H groups in total. The molecular weight excluding hydrogens is 186 g/mol. The maximum Gasteiger partial charge on any atom is 0.333 e. The Morgan fingerprint density at radius 2 is 1.57 bits per heavy atom. The van der Waals surface area contributed by atoms with Crippen LogP contribution in [-0.4, -0.2) is 47.2 Å². The average Bonchev–Trinajstić information content (AvgIpc) is 2.03. The van der Waals surface area contributed by atoms with Crippen molar-refractivity contribution in [2.75, 3.05) is 14.1 Å². The summed E-state index contributed by atoms with van der Waals surface area (Å²) in [5.74, 6) is -2.39. The molecule has 1 atom stereocenters. The third kappa shape index (κ3) is 2.85. The van der Waals surface area contributed by atoms with Gasteiger partial charge in [0.15, 0.2) is 0 Å². The molecule has 0 aromatic heterocycles. The first kappa shape index (κ1) is 12.6. The molecule has 0 radical (unpaired) electrons. The molecule has 0 spiro atoms. The second-order valence-electron chi connectivity index (χ2n) is 3.29. The van der Waals surface area contributed by atoms with Gasteiger partial charge in [-0.1, -0.05) is 0 Å². The van der Waals surface area contributed by atoms with Gasteiger partial charge in [-0.25, -0.2) is 9.59 Å². The summed E-state index contributed by atoms with van der Waals surface area (Å²) in [5, 5.41) is 17.6. The van der Waals surface area contributed by atoms with E-state index in [1.165, 1.54) is 6.92 Å². The highest BCUT2D eigenvalue weighted by atomic mass is 16.4. The maximum absolute atomic E-state index is 10.8. The van der Waals surface area contributed by atoms with E-state index >= 15 is 0 Å². The molecule has 0 fully saturated rings. The lowest BCUT2D eigenvalue weighted by Gasteiger charge is -2.21. The number of hydrogen-bond acceptors (Lipinski definition) is 3. The van der Waals surface area contributed by atoms with E-state index in [0.717, 1.165) is 0 Å². The first-order chi connectivity index (χ1) is 6.29. The van der Waals surface area contributed by atoms with Crippen molar-refractivity contribution in [1.29, 1.82) is 0 Å². The molecule has 80 valence electrons. The van der Waals surface area contributed by atoms with Crippen LogP contribution < -0.4 is 0 Å². The standard InChI is InChI=1S/C9H15NO4/c1-5(8(11)12)7(9(13)14)6(2)10(3)4/h6H,1-4H3,(H,11,12)(H,13,14)/b7-5-. The molecule has 0 heterocycles. The van der Waals surface area contributed by atoms with Crippen molar-refractivity contribution in [1.82, 2.24) is 4.90 Å². The topological polar surface area (TPSA) is 77.8 Å². The van der Waals surface area contributed by atoms with Crippen molar-refractivity contribution in [3.8, 4) is 0 Å². The number of carboxylic acid groups (broad SMARTS) is 2. The molecule has 0 amide bonds. The number of carboxylic acids is 2. The van der Waals surface area contributed by atoms with E-state index in [1.54, 1.807) is 25.9 Å². The van der Waals surface area contributed by atoms with Gasteiger partial charge in [-0.15, -0.1) is 0 Å². The molecule has 14 heavy (non-hydrogen) atoms. The van der Waals surface area contributed by atoms with Crippen LogP contribution in [0.2, 0.25) is 0 Å². The molecule has 1 unspecified atom stereocenters. The highest BCUT2D eigenvalue weighted by Crippen LogP contribution is 2.13. The van der Waals surface area contributed by atoms with Gasteiger partial charge in [0.05, 0.1) is 5.57 Å². The number of hydrogen-bond donors (Lipinski definition) is 2. The van der Waals surface area contributed by atoms with Crippen LogP contribution in [0.25, 0.3) is 0 Å². The van der Waals surface area contributed by atoms with E-state index in [9.17, 15) is 9.59 Å². The monoisotopic (exact) mass is 201 g/mol. The number of nitrogens with zero attached hydrogens (tertiary/aromatic N) is 1. The molecule has 0 aliphatic rings. The largest absolute Gasteiger partial charge is 0.478 e. The molecule has 0 saturated carbocycles. The smallest absolute Gasteiger partial charge is 0.333 e. The van der Waals surface area contributed by atoms with Crippen molar-refractivity contribution in [3.63, 3.8) is 0 Å². The highest BCUT2D eigenvalue weighted by molar-refractivity contribution is 5.99. The summed E-state index contributed by atoms with van der Waals surface area (Å²) in [7, 11) is 3.39. The van der Waals surface area contributed by atoms with Gasteiger partial charge in [-0.05, 0) is 27.9 Å². The molecule has 5 heteroatoms. The lowest BCUT2D eigenvalue weighted by atomic mass is 10.0. The molecular formula is C9H15NO4. The van der Waals surface area contributed by atoms with Crippen LogP contribution in [0.1, 0.15) is 13.8 Å². The minimum Gasteiger partial charge on any atom is -0.478 e. The Balaban J connectivity index is 5.25. The predicted octanol–water partition coefficient (Wildman–Crippen LogP) is 0.422. The van der Waals surface area contributed by atoms with E-state index in [4.69, 9.17) is 10.2 Å². The fourth-order valence-corrected chi connectivity index (χ4v) is 1.03. The lowest BCUT2D eigenvalue weighted by Crippen LogP contribution is -2.32. The first-order valence-electron chi connectivity index (χ1n) is 4.12. The molecule has 0 saturated heterocycles. The number of carbonyl (C=O) groups is 2. The van der Waals surface area contributed by atoms with E-state index in [1.807, 2.05) is 0 Å². The summed E-state index contributed by atoms with van der Waals surface area (Å²) < 4.78 is 0. The lowest BCUT2D eigenvalue weighted by molar-refractivity contribution is -0.136. The fourth-order valence-electron chi connectivity index (χ4n) is 1.03. The quantitative estimate of drug-likeness (QED) is 0.644. The Kier molecular flexibility index (Phi) is 4.30. The van der Waals surface area contributed by atoms with Crippen molar-refractivity contribution in [3.05, 3.63) is 11.1 Å². The SMILES string of the molecule is C/C(C(=O)O)=C(/C(=O)O)C(C)N(C)C. The maximum atomic E-state index is 10.8. The van der Waals surface area contributed by atoms with Gasteiger partial charge < -0.3 is 15.1 Å². The molecule has 0 aromatic carbocycles. The summed E-state index contributed by atoms with van der Waals surface area (Å²) in [6.07, 6.45) is 0. The molecule has 5 nitrogen and oxygen atoms in total. The zero-order valence-electron chi connectivity index (χ0n) is 8.74. The van der Waals surface area contributed by atoms with E-state index in [-0.39, 0.29) is 11.1 Å². The summed E-state index contributed by atoms with van der Waals surface area (Å²) >= 11 is 0. The van der Waals surface area contributed by atoms with E-state index < -0.39 is 18.0 Å². The second kappa shape index (κ2) is 4.76. The van der Waals surface area contributed by atoms with Gasteiger partial charge in [0.1, 0.15) is 0 Å². The summed E-state index contributed by atoms with van der Waals surface area (Å²) in [4.78, 5) is 23.1. The fraction of sp³-hybridized carbons (Fsp3) is 0.556. The zero-order valence-corrected chi connectivity index (χ0v) is 8.74. The van der Waals surface area contributed by atoms with Crippen LogP contribution in [-0.2, 0) is 9.59 Å². The number of likely N-dealkylation sites (N-methyl/N-ethyl adjacent to an activating group) is 1. The van der Waals surface area contributed by atoms with Crippen molar-refractivity contribution >= 4 is 11.9 Å². The Bertz CT molecular complexity index is 281. The van der Waals surface area contributed by atoms with Crippen LogP contribution >= 0.6 is 0 Å². The number of aliphatic carboxylic acids is 2. The highest BCUT2D eigenvalue weighted by Gasteiger charge is 2.23. The summed E-state index contributed by atoms with van der Waals surface area (Å²) in [5.41, 5.74) is -0.207. The van der Waals surface area contributed by atoms with Crippen LogP contribution in [0, 0.1) is 0 Å². The Morgan fingerprint density at radius 1 is 1.14 bits per heavy atom. The predicted molar refractivity (Wildman–Crippen MR) is 51.1 cm³/mol. The molecule has 0 aliphatic heterocycles. The first-order valence-corrected chi connectivity index (χ1v) is 4.12. The van der Waals surface area contributed by atoms with Crippen molar-refractivity contribution in [2.24, 2.45) is 0 Å². The Hall–Kier alpha value is -1.36. The Morgan fingerprint density at radius 3 is 1.79 bits per heavy atom. The zero-order chi connectivity index (χ0) is 11.5. The Labute approximate surface area is 82.6 Å². The minimum absolute atomic E-state index is 0.0810. The van der Waals surface area contributed by atoms with Crippen LogP contribution in [0.3, 0.4) is 0 Å². The molecule has 0 aliphatic carbocycles. The second-order valence-corrected chi connectivity index (χ2v) is 3.29. The van der Waals surface area contributed by atoms with Gasteiger partial charge in [0, 0.05) is 11.6 Å². The molecule has 0 rings (SSSR count). The van der Waals surface area contributed by atoms with Crippen LogP contribution in [0.15, 0.2) is 11.1 Å². The van der Waals surface area contributed by atoms with Gasteiger partial charge in [0.25, 0.3) is 0 Å². The van der Waals surface area contributed by atoms with E-state index in [0.29, 0.717) is 0 Å². The average molecular weight is 201 g/mol. The third-order valence-electron chi connectivity index (χ3n) is 2.15. The van der Waals surface area contributed by atoms with Crippen molar-refractivity contribution in [2.45, 2.75) is 19.9 Å². The van der Waals surface area contributed by atoms with Crippen LogP contribution in [0.4, 0.5) is 0 Å². The molecule has 0 aromatic rings. The van der Waals surface area contributed by atoms with Crippen LogP contribution in [0.5, 0.6) is 0 Å². The van der Waals surface area contributed by atoms with E-state index in [2.05, 4.69) is 0 Å². The van der Waals surface area contributed by atoms with Gasteiger partial charge in [-0.3, -0.25) is 0 Å². The van der Waals surface area contributed by atoms with Gasteiger partial charge in [-0.2, -0.15) is 0 Å². The summed E-state index contributed by atoms with van der Waals surface area (Å²) in [6.45, 7) is 2.95. The number of rotatable bonds is 4. The normalized spacial score (nSPS) is 14.9. The molecule has 0 bridgehead atoms. The van der Waals surface area contributed by atoms with Gasteiger partial charge in [0.2, 0.25) is 0 Å².